The van der Waals surface area contributed by atoms with E-state index < -0.39 is 0 Å². The molecule has 74 valence electrons. The summed E-state index contributed by atoms with van der Waals surface area (Å²) in [5, 5.41) is -0.669. The first-order valence-corrected chi connectivity index (χ1v) is 5.13. The highest BCUT2D eigenvalue weighted by molar-refractivity contribution is 8.09. The molecule has 1 aliphatic rings. The molecule has 0 aromatic carbocycles. The van der Waals surface area contributed by atoms with Gasteiger partial charge >= 0.3 is 11.9 Å². The van der Waals surface area contributed by atoms with Crippen LogP contribution in [0, 0.1) is 0 Å². The van der Waals surface area contributed by atoms with Gasteiger partial charge < -0.3 is 9.47 Å². The molecule has 13 heavy (non-hydrogen) atoms. The number of hydrogen-bond donors (Lipinski definition) is 0. The van der Waals surface area contributed by atoms with Gasteiger partial charge in [0.1, 0.15) is 10.5 Å². The fraction of sp³-hybridized carbons (Fsp3) is 0.750. The Morgan fingerprint density at radius 3 is 1.77 bits per heavy atom. The molecular formula is C8H12O4S. The molecule has 0 bridgehead atoms. The van der Waals surface area contributed by atoms with Crippen molar-refractivity contribution < 1.29 is 19.1 Å². The third-order valence-corrected chi connectivity index (χ3v) is 2.73. The first-order chi connectivity index (χ1) is 6.20. The second-order valence-corrected chi connectivity index (χ2v) is 3.77. The lowest BCUT2D eigenvalue weighted by atomic mass is 10.3. The molecule has 0 unspecified atom stereocenters. The monoisotopic (exact) mass is 204 g/mol. The number of rotatable bonds is 4. The van der Waals surface area contributed by atoms with Gasteiger partial charge in [-0.1, -0.05) is 0 Å². The van der Waals surface area contributed by atoms with Gasteiger partial charge in [0.15, 0.2) is 0 Å². The Bertz CT molecular complexity index is 194. The number of carbonyl (C=O) groups is 2. The van der Waals surface area contributed by atoms with Gasteiger partial charge in [-0.2, -0.15) is 0 Å². The molecule has 0 spiro atoms. The normalized spacial score (nSPS) is 25.1. The highest BCUT2D eigenvalue weighted by Gasteiger charge is 2.51. The fourth-order valence-corrected chi connectivity index (χ4v) is 1.73. The first-order valence-electron chi connectivity index (χ1n) is 4.19. The van der Waals surface area contributed by atoms with Crippen LogP contribution in [-0.2, 0) is 19.1 Å². The molecule has 1 heterocycles. The van der Waals surface area contributed by atoms with Crippen LogP contribution in [-0.4, -0.2) is 35.7 Å². The maximum Gasteiger partial charge on any atom is 0.320 e. The first kappa shape index (κ1) is 10.4. The van der Waals surface area contributed by atoms with Gasteiger partial charge in [-0.05, 0) is 13.8 Å². The molecule has 0 radical (unpaired) electrons. The van der Waals surface area contributed by atoms with Crippen molar-refractivity contribution in [1.82, 2.24) is 0 Å². The van der Waals surface area contributed by atoms with Gasteiger partial charge in [0.25, 0.3) is 0 Å². The Kier molecular flexibility index (Phi) is 3.59. The summed E-state index contributed by atoms with van der Waals surface area (Å²) in [7, 11) is 0. The Hall–Kier alpha value is -0.710. The maximum atomic E-state index is 11.1. The number of carbonyl (C=O) groups excluding carboxylic acids is 2. The molecule has 1 aliphatic heterocycles. The minimum absolute atomic E-state index is 0.314. The highest BCUT2D eigenvalue weighted by atomic mass is 32.2. The summed E-state index contributed by atoms with van der Waals surface area (Å²) in [5.41, 5.74) is 0. The SMILES string of the molecule is CCOC(=O)[C@H]1S[C@@H]1C(=O)OCC. The van der Waals surface area contributed by atoms with Crippen LogP contribution in [0.15, 0.2) is 0 Å². The maximum absolute atomic E-state index is 11.1. The van der Waals surface area contributed by atoms with Crippen molar-refractivity contribution in [1.29, 1.82) is 0 Å². The molecule has 4 nitrogen and oxygen atoms in total. The van der Waals surface area contributed by atoms with E-state index in [0.29, 0.717) is 13.2 Å². The summed E-state index contributed by atoms with van der Waals surface area (Å²) in [5.74, 6) is -0.629. The van der Waals surface area contributed by atoms with Crippen molar-refractivity contribution in [2.24, 2.45) is 0 Å². The van der Waals surface area contributed by atoms with Crippen LogP contribution < -0.4 is 0 Å². The largest absolute Gasteiger partial charge is 0.465 e. The van der Waals surface area contributed by atoms with Crippen LogP contribution in [0.3, 0.4) is 0 Å². The number of esters is 2. The van der Waals surface area contributed by atoms with E-state index in [1.807, 2.05) is 0 Å². The number of thioether (sulfide) groups is 1. The molecule has 0 N–H and O–H groups in total. The Balaban J connectivity index is 2.29. The predicted molar refractivity (Wildman–Crippen MR) is 48.4 cm³/mol. The number of hydrogen-bond acceptors (Lipinski definition) is 5. The molecule has 0 aromatic rings. The predicted octanol–water partition coefficient (Wildman–Crippen LogP) is 0.597. The summed E-state index contributed by atoms with van der Waals surface area (Å²) in [6.45, 7) is 4.19. The molecular weight excluding hydrogens is 192 g/mol. The van der Waals surface area contributed by atoms with E-state index >= 15 is 0 Å². The quantitative estimate of drug-likeness (QED) is 0.495. The third-order valence-electron chi connectivity index (χ3n) is 1.53. The molecule has 0 amide bonds. The smallest absolute Gasteiger partial charge is 0.320 e. The van der Waals surface area contributed by atoms with Gasteiger partial charge in [0.05, 0.1) is 13.2 Å². The van der Waals surface area contributed by atoms with Gasteiger partial charge in [-0.25, -0.2) is 0 Å². The van der Waals surface area contributed by atoms with Crippen LogP contribution in [0.2, 0.25) is 0 Å². The Labute approximate surface area is 81.0 Å². The fourth-order valence-electron chi connectivity index (χ4n) is 0.920. The summed E-state index contributed by atoms with van der Waals surface area (Å²) in [6, 6.07) is 0. The molecule has 0 aliphatic carbocycles. The van der Waals surface area contributed by atoms with Gasteiger partial charge in [-0.3, -0.25) is 9.59 Å². The van der Waals surface area contributed by atoms with Crippen molar-refractivity contribution in [3.05, 3.63) is 0 Å². The van der Waals surface area contributed by atoms with E-state index in [0.717, 1.165) is 0 Å². The molecule has 1 saturated heterocycles. The number of ether oxygens (including phenoxy) is 2. The summed E-state index contributed by atoms with van der Waals surface area (Å²) in [6.07, 6.45) is 0. The van der Waals surface area contributed by atoms with Crippen LogP contribution in [0.1, 0.15) is 13.8 Å². The van der Waals surface area contributed by atoms with Crippen molar-refractivity contribution in [3.63, 3.8) is 0 Å². The zero-order chi connectivity index (χ0) is 9.84. The zero-order valence-electron chi connectivity index (χ0n) is 7.61. The summed E-state index contributed by atoms with van der Waals surface area (Å²) >= 11 is 1.28. The average Bonchev–Trinajstić information content (AvgIpc) is 2.84. The van der Waals surface area contributed by atoms with E-state index in [4.69, 9.17) is 9.47 Å². The van der Waals surface area contributed by atoms with E-state index in [1.54, 1.807) is 13.8 Å². The van der Waals surface area contributed by atoms with Crippen LogP contribution in [0.5, 0.6) is 0 Å². The Morgan fingerprint density at radius 1 is 1.08 bits per heavy atom. The minimum Gasteiger partial charge on any atom is -0.465 e. The standard InChI is InChI=1S/C8H12O4S/c1-3-11-7(9)5-6(13-5)8(10)12-4-2/h5-6H,3-4H2,1-2H3/t5-,6-/m0/s1. The molecule has 1 rings (SSSR count). The van der Waals surface area contributed by atoms with Crippen LogP contribution in [0.25, 0.3) is 0 Å². The lowest BCUT2D eigenvalue weighted by Crippen LogP contribution is -2.20. The van der Waals surface area contributed by atoms with Gasteiger partial charge in [0, 0.05) is 0 Å². The molecule has 5 heteroatoms. The van der Waals surface area contributed by atoms with Crippen molar-refractivity contribution in [3.8, 4) is 0 Å². The molecule has 2 atom stereocenters. The van der Waals surface area contributed by atoms with Gasteiger partial charge in [0.2, 0.25) is 0 Å². The molecule has 1 fully saturated rings. The zero-order valence-corrected chi connectivity index (χ0v) is 8.43. The van der Waals surface area contributed by atoms with Crippen LogP contribution in [0.4, 0.5) is 0 Å². The van der Waals surface area contributed by atoms with Crippen molar-refractivity contribution >= 4 is 23.7 Å². The topological polar surface area (TPSA) is 52.6 Å². The highest BCUT2D eigenvalue weighted by Crippen LogP contribution is 2.42. The second-order valence-electron chi connectivity index (χ2n) is 2.48. The second kappa shape index (κ2) is 4.50. The van der Waals surface area contributed by atoms with E-state index in [2.05, 4.69) is 0 Å². The average molecular weight is 204 g/mol. The van der Waals surface area contributed by atoms with E-state index in [1.165, 1.54) is 11.8 Å². The van der Waals surface area contributed by atoms with Crippen molar-refractivity contribution in [2.75, 3.05) is 13.2 Å². The van der Waals surface area contributed by atoms with Crippen molar-refractivity contribution in [2.45, 2.75) is 24.3 Å². The molecule has 0 aromatic heterocycles. The summed E-state index contributed by atoms with van der Waals surface area (Å²) < 4.78 is 9.51. The molecule has 0 saturated carbocycles. The third kappa shape index (κ3) is 2.62. The van der Waals surface area contributed by atoms with E-state index in [-0.39, 0.29) is 22.4 Å². The lowest BCUT2D eigenvalue weighted by Gasteiger charge is -1.99. The summed E-state index contributed by atoms with van der Waals surface area (Å²) in [4.78, 5) is 22.1. The van der Waals surface area contributed by atoms with Gasteiger partial charge in [-0.15, -0.1) is 11.8 Å². The minimum atomic E-state index is -0.334. The van der Waals surface area contributed by atoms with E-state index in [9.17, 15) is 9.59 Å². The lowest BCUT2D eigenvalue weighted by molar-refractivity contribution is -0.147. The Morgan fingerprint density at radius 2 is 1.46 bits per heavy atom. The van der Waals surface area contributed by atoms with Crippen LogP contribution >= 0.6 is 11.8 Å².